The number of aromatic amines is 1. The number of halogens is 4. The number of ketones is 1. The second-order valence-corrected chi connectivity index (χ2v) is 9.95. The Kier molecular flexibility index (Phi) is 5.86. The Morgan fingerprint density at radius 1 is 1.03 bits per heavy atom. The van der Waals surface area contributed by atoms with E-state index < -0.39 is 55.2 Å². The van der Waals surface area contributed by atoms with Gasteiger partial charge in [0.1, 0.15) is 23.6 Å². The van der Waals surface area contributed by atoms with E-state index in [4.69, 9.17) is 0 Å². The molecule has 1 aliphatic rings. The van der Waals surface area contributed by atoms with E-state index in [0.717, 1.165) is 31.0 Å². The molecule has 8 nitrogen and oxygen atoms in total. The van der Waals surface area contributed by atoms with Crippen molar-refractivity contribution >= 4 is 38.3 Å². The maximum absolute atomic E-state index is 15.3. The van der Waals surface area contributed by atoms with Gasteiger partial charge in [0.25, 0.3) is 10.0 Å². The maximum atomic E-state index is 15.3. The fourth-order valence-electron chi connectivity index (χ4n) is 3.66. The topological polar surface area (TPSA) is 117 Å². The van der Waals surface area contributed by atoms with Gasteiger partial charge in [-0.3, -0.25) is 9.52 Å². The number of carbonyl (C=O) groups is 1. The molecule has 0 saturated heterocycles. The van der Waals surface area contributed by atoms with Crippen molar-refractivity contribution in [1.82, 2.24) is 15.0 Å². The van der Waals surface area contributed by atoms with Crippen LogP contribution in [-0.2, 0) is 10.0 Å². The smallest absolute Gasteiger partial charge is 0.262 e. The van der Waals surface area contributed by atoms with Crippen molar-refractivity contribution in [1.29, 1.82) is 0 Å². The van der Waals surface area contributed by atoms with Gasteiger partial charge in [0.05, 0.1) is 27.1 Å². The Balaban J connectivity index is 1.52. The number of nitrogens with one attached hydrogen (secondary N) is 3. The predicted octanol–water partition coefficient (Wildman–Crippen LogP) is 4.37. The monoisotopic (exact) mass is 519 g/mol. The molecule has 0 unspecified atom stereocenters. The number of sulfonamides is 1. The van der Waals surface area contributed by atoms with Gasteiger partial charge < -0.3 is 10.3 Å². The highest BCUT2D eigenvalue weighted by atomic mass is 32.2. The van der Waals surface area contributed by atoms with Gasteiger partial charge in [-0.25, -0.2) is 35.9 Å². The van der Waals surface area contributed by atoms with E-state index in [1.54, 1.807) is 0 Å². The van der Waals surface area contributed by atoms with Gasteiger partial charge in [0.15, 0.2) is 17.5 Å². The van der Waals surface area contributed by atoms with Crippen LogP contribution in [0.1, 0.15) is 28.8 Å². The van der Waals surface area contributed by atoms with Crippen LogP contribution in [0.25, 0.3) is 11.0 Å². The highest BCUT2D eigenvalue weighted by Crippen LogP contribution is 2.32. The third-order valence-electron chi connectivity index (χ3n) is 5.73. The normalized spacial score (nSPS) is 13.7. The number of H-pyrrole nitrogens is 1. The molecular weight excluding hydrogens is 502 g/mol. The number of hydrogen-bond donors (Lipinski definition) is 3. The largest absolute Gasteiger partial charge is 0.369 e. The summed E-state index contributed by atoms with van der Waals surface area (Å²) in [6, 6.07) is 3.27. The first-order valence-electron chi connectivity index (χ1n) is 10.7. The number of anilines is 2. The van der Waals surface area contributed by atoms with Crippen LogP contribution >= 0.6 is 0 Å². The summed E-state index contributed by atoms with van der Waals surface area (Å²) in [6.07, 6.45) is 4.63. The summed E-state index contributed by atoms with van der Waals surface area (Å²) in [4.78, 5) is 23.5. The molecule has 13 heteroatoms. The van der Waals surface area contributed by atoms with Gasteiger partial charge >= 0.3 is 0 Å². The van der Waals surface area contributed by atoms with Gasteiger partial charge in [-0.05, 0) is 49.1 Å². The van der Waals surface area contributed by atoms with Crippen molar-refractivity contribution in [3.05, 3.63) is 77.3 Å². The van der Waals surface area contributed by atoms with Crippen LogP contribution in [-0.4, -0.2) is 35.7 Å². The van der Waals surface area contributed by atoms with E-state index in [-0.39, 0.29) is 16.6 Å². The van der Waals surface area contributed by atoms with Crippen molar-refractivity contribution in [3.8, 4) is 0 Å². The molecular formula is C23H17F4N5O3S. The molecule has 4 aromatic rings. The molecule has 0 amide bonds. The molecule has 1 fully saturated rings. The summed E-state index contributed by atoms with van der Waals surface area (Å²) in [7, 11) is -4.60. The molecule has 0 radical (unpaired) electrons. The number of rotatable bonds is 8. The molecule has 0 atom stereocenters. The Labute approximate surface area is 201 Å². The van der Waals surface area contributed by atoms with Crippen molar-refractivity contribution in [2.75, 3.05) is 16.6 Å². The summed E-state index contributed by atoms with van der Waals surface area (Å²) in [5.74, 6) is -5.70. The van der Waals surface area contributed by atoms with Gasteiger partial charge in [0.2, 0.25) is 5.78 Å². The summed E-state index contributed by atoms with van der Waals surface area (Å²) in [5.41, 5.74) is -1.63. The number of aromatic nitrogens is 3. The molecule has 2 aromatic heterocycles. The summed E-state index contributed by atoms with van der Waals surface area (Å²) in [6.45, 7) is 0.606. The molecule has 36 heavy (non-hydrogen) atoms. The molecule has 3 N–H and O–H groups in total. The summed E-state index contributed by atoms with van der Waals surface area (Å²) >= 11 is 0. The molecule has 2 heterocycles. The van der Waals surface area contributed by atoms with E-state index in [9.17, 15) is 26.4 Å². The lowest BCUT2D eigenvalue weighted by Gasteiger charge is -2.12. The first-order valence-corrected chi connectivity index (χ1v) is 12.2. The number of carbonyl (C=O) groups excluding carboxylic acids is 1. The highest BCUT2D eigenvalue weighted by Gasteiger charge is 2.28. The van der Waals surface area contributed by atoms with E-state index in [1.165, 1.54) is 12.5 Å². The van der Waals surface area contributed by atoms with Crippen molar-refractivity contribution < 1.29 is 30.8 Å². The van der Waals surface area contributed by atoms with Gasteiger partial charge in [-0.15, -0.1) is 0 Å². The minimum Gasteiger partial charge on any atom is -0.369 e. The zero-order chi connectivity index (χ0) is 25.6. The van der Waals surface area contributed by atoms with Crippen molar-refractivity contribution in [3.63, 3.8) is 0 Å². The average Bonchev–Trinajstić information content (AvgIpc) is 3.57. The Hall–Kier alpha value is -4.00. The minimum atomic E-state index is -4.60. The third-order valence-corrected chi connectivity index (χ3v) is 7.10. The predicted molar refractivity (Wildman–Crippen MR) is 122 cm³/mol. The standard InChI is InChI=1S/C23H17F4N5O3S/c24-14-4-3-12(7-16(14)26)36(34,35)32-17-6-5-15(25)19(20(17)27)21(33)13-9-29-23-18(13)22(30-10-31-23)28-8-11-1-2-11/h3-7,9-11,32H,1-2,8H2,(H2,28,29,30,31). The molecule has 0 bridgehead atoms. The SMILES string of the molecule is O=C(c1c(F)ccc(NS(=O)(=O)c2ccc(F)c(F)c2)c1F)c1c[nH]c2ncnc(NCC3CC3)c12. The quantitative estimate of drug-likeness (QED) is 0.235. The van der Waals surface area contributed by atoms with Crippen LogP contribution in [0.2, 0.25) is 0 Å². The molecule has 186 valence electrons. The second-order valence-electron chi connectivity index (χ2n) is 8.27. The van der Waals surface area contributed by atoms with Crippen LogP contribution in [0, 0.1) is 29.2 Å². The molecule has 1 saturated carbocycles. The van der Waals surface area contributed by atoms with Crippen LogP contribution in [0.4, 0.5) is 29.1 Å². The van der Waals surface area contributed by atoms with Gasteiger partial charge in [-0.1, -0.05) is 0 Å². The van der Waals surface area contributed by atoms with Gasteiger partial charge in [0, 0.05) is 12.7 Å². The van der Waals surface area contributed by atoms with Crippen LogP contribution in [0.15, 0.2) is 47.8 Å². The third kappa shape index (κ3) is 4.37. The number of fused-ring (bicyclic) bond motifs is 1. The van der Waals surface area contributed by atoms with E-state index in [2.05, 4.69) is 20.3 Å². The first kappa shape index (κ1) is 23.7. The Morgan fingerprint density at radius 2 is 1.78 bits per heavy atom. The number of nitrogens with zero attached hydrogens (tertiary/aromatic N) is 2. The molecule has 2 aromatic carbocycles. The Morgan fingerprint density at radius 3 is 2.50 bits per heavy atom. The zero-order valence-corrected chi connectivity index (χ0v) is 19.1. The van der Waals surface area contributed by atoms with Crippen molar-refractivity contribution in [2.24, 2.45) is 5.92 Å². The van der Waals surface area contributed by atoms with Gasteiger partial charge in [-0.2, -0.15) is 0 Å². The Bertz CT molecular complexity index is 1620. The van der Waals surface area contributed by atoms with E-state index in [1.807, 2.05) is 4.72 Å². The lowest BCUT2D eigenvalue weighted by molar-refractivity contribution is 0.103. The highest BCUT2D eigenvalue weighted by molar-refractivity contribution is 7.92. The van der Waals surface area contributed by atoms with Crippen molar-refractivity contribution in [2.45, 2.75) is 17.7 Å². The van der Waals surface area contributed by atoms with E-state index >= 15 is 4.39 Å². The molecule has 5 rings (SSSR count). The second kappa shape index (κ2) is 8.90. The number of hydrogen-bond acceptors (Lipinski definition) is 6. The lowest BCUT2D eigenvalue weighted by atomic mass is 10.0. The molecule has 1 aliphatic carbocycles. The van der Waals surface area contributed by atoms with Crippen LogP contribution in [0.3, 0.4) is 0 Å². The average molecular weight is 519 g/mol. The molecule has 0 aliphatic heterocycles. The fourth-order valence-corrected chi connectivity index (χ4v) is 4.73. The fraction of sp³-hybridized carbons (Fsp3) is 0.174. The van der Waals surface area contributed by atoms with E-state index in [0.29, 0.717) is 30.4 Å². The zero-order valence-electron chi connectivity index (χ0n) is 18.3. The summed E-state index contributed by atoms with van der Waals surface area (Å²) in [5, 5.41) is 3.35. The lowest BCUT2D eigenvalue weighted by Crippen LogP contribution is -2.17. The van der Waals surface area contributed by atoms with Crippen LogP contribution < -0.4 is 10.0 Å². The molecule has 0 spiro atoms. The number of benzene rings is 2. The maximum Gasteiger partial charge on any atom is 0.262 e. The minimum absolute atomic E-state index is 0.123. The summed E-state index contributed by atoms with van der Waals surface area (Å²) < 4.78 is 83.8. The van der Waals surface area contributed by atoms with Crippen LogP contribution in [0.5, 0.6) is 0 Å². The first-order chi connectivity index (χ1) is 17.2.